The monoisotopic (exact) mass is 453 g/mol. The zero-order valence-electron chi connectivity index (χ0n) is 18.1. The van der Waals surface area contributed by atoms with Gasteiger partial charge in [0.1, 0.15) is 12.0 Å². The summed E-state index contributed by atoms with van der Waals surface area (Å²) in [5.41, 5.74) is 4.95. The van der Waals surface area contributed by atoms with Crippen LogP contribution < -0.4 is 10.1 Å². The Morgan fingerprint density at radius 2 is 1.94 bits per heavy atom. The van der Waals surface area contributed by atoms with Crippen LogP contribution in [0.2, 0.25) is 0 Å². The lowest BCUT2D eigenvalue weighted by molar-refractivity contribution is 0.0855. The summed E-state index contributed by atoms with van der Waals surface area (Å²) in [6.07, 6.45) is 2.21. The van der Waals surface area contributed by atoms with Crippen molar-refractivity contribution >= 4 is 5.91 Å². The minimum atomic E-state index is -2.54. The number of nitrogens with one attached hydrogen (secondary N) is 1. The Morgan fingerprint density at radius 3 is 2.67 bits per heavy atom. The number of aromatic nitrogens is 1. The molecule has 0 radical (unpaired) electrons. The Bertz CT molecular complexity index is 1120. The minimum absolute atomic E-state index is 0.0642. The number of alkyl halides is 2. The minimum Gasteiger partial charge on any atom is -0.493 e. The van der Waals surface area contributed by atoms with Crippen molar-refractivity contribution in [1.82, 2.24) is 15.4 Å². The van der Waals surface area contributed by atoms with Crippen LogP contribution in [0.25, 0.3) is 0 Å². The van der Waals surface area contributed by atoms with E-state index in [1.807, 2.05) is 30.3 Å². The fourth-order valence-electron chi connectivity index (χ4n) is 4.08. The molecule has 0 bridgehead atoms. The number of benzene rings is 2. The normalized spacial score (nSPS) is 19.0. The lowest BCUT2D eigenvalue weighted by Crippen LogP contribution is -2.30. The summed E-state index contributed by atoms with van der Waals surface area (Å²) in [6.45, 7) is 3.10. The highest BCUT2D eigenvalue weighted by Gasteiger charge is 2.57. The highest BCUT2D eigenvalue weighted by atomic mass is 19.3. The second-order valence-corrected chi connectivity index (χ2v) is 8.75. The number of rotatable bonds is 8. The lowest BCUT2D eigenvalue weighted by Gasteiger charge is -2.29. The van der Waals surface area contributed by atoms with E-state index in [2.05, 4.69) is 32.0 Å². The van der Waals surface area contributed by atoms with Gasteiger partial charge in [0.05, 0.1) is 12.5 Å². The van der Waals surface area contributed by atoms with E-state index < -0.39 is 11.8 Å². The molecular weight excluding hydrogens is 428 g/mol. The Balaban J connectivity index is 1.11. The molecular formula is C25H25F2N3O3. The van der Waals surface area contributed by atoms with Crippen LogP contribution in [-0.4, -0.2) is 35.0 Å². The van der Waals surface area contributed by atoms with Crippen LogP contribution in [0.15, 0.2) is 59.3 Å². The molecule has 1 N–H and O–H groups in total. The second kappa shape index (κ2) is 8.94. The van der Waals surface area contributed by atoms with Crippen LogP contribution >= 0.6 is 0 Å². The first-order valence-corrected chi connectivity index (χ1v) is 11.1. The average molecular weight is 453 g/mol. The maximum Gasteiger partial charge on any atom is 0.273 e. The first-order chi connectivity index (χ1) is 16.0. The molecule has 2 aliphatic rings. The lowest BCUT2D eigenvalue weighted by atomic mass is 9.99. The van der Waals surface area contributed by atoms with Gasteiger partial charge in [0.15, 0.2) is 5.69 Å². The van der Waals surface area contributed by atoms with Crippen molar-refractivity contribution in [2.45, 2.75) is 38.4 Å². The van der Waals surface area contributed by atoms with Gasteiger partial charge < -0.3 is 14.6 Å². The van der Waals surface area contributed by atoms with Gasteiger partial charge in [-0.25, -0.2) is 8.78 Å². The smallest absolute Gasteiger partial charge is 0.273 e. The van der Waals surface area contributed by atoms with Crippen molar-refractivity contribution < 1.29 is 22.8 Å². The van der Waals surface area contributed by atoms with Crippen LogP contribution in [0, 0.1) is 5.92 Å². The predicted molar refractivity (Wildman–Crippen MR) is 117 cm³/mol. The molecule has 2 aromatic carbocycles. The van der Waals surface area contributed by atoms with Gasteiger partial charge in [-0.1, -0.05) is 35.5 Å². The van der Waals surface area contributed by atoms with E-state index >= 15 is 0 Å². The zero-order chi connectivity index (χ0) is 22.8. The molecule has 1 amide bonds. The van der Waals surface area contributed by atoms with Crippen LogP contribution in [0.4, 0.5) is 8.78 Å². The average Bonchev–Trinajstić information content (AvgIpc) is 3.17. The van der Waals surface area contributed by atoms with Crippen molar-refractivity contribution in [2.75, 3.05) is 13.2 Å². The van der Waals surface area contributed by atoms with Crippen molar-refractivity contribution in [3.8, 4) is 5.75 Å². The number of hydrogen-bond acceptors (Lipinski definition) is 5. The van der Waals surface area contributed by atoms with E-state index in [0.717, 1.165) is 31.6 Å². The molecule has 1 fully saturated rings. The number of amides is 1. The standard InChI is InChI=1S/C25H25F2N3O3/c26-25(27)12-21(25)16-32-22-6-5-20-15-30(9-7-19(20)11-22)14-18-3-1-17(2-4-18)13-28-24(31)23-8-10-33-29-23/h1-6,8,10-11,21H,7,9,12-16H2,(H,28,31). The molecule has 1 aromatic heterocycles. The molecule has 8 heteroatoms. The molecule has 0 saturated heterocycles. The predicted octanol–water partition coefficient (Wildman–Crippen LogP) is 4.20. The summed E-state index contributed by atoms with van der Waals surface area (Å²) in [6, 6.07) is 15.6. The Kier molecular flexibility index (Phi) is 5.85. The third kappa shape index (κ3) is 5.22. The van der Waals surface area contributed by atoms with Crippen molar-refractivity contribution in [1.29, 1.82) is 0 Å². The van der Waals surface area contributed by atoms with Crippen LogP contribution in [0.1, 0.15) is 39.2 Å². The fraction of sp³-hybridized carbons (Fsp3) is 0.360. The molecule has 33 heavy (non-hydrogen) atoms. The van der Waals surface area contributed by atoms with Crippen LogP contribution in [-0.2, 0) is 26.1 Å². The maximum absolute atomic E-state index is 13.0. The molecule has 0 spiro atoms. The van der Waals surface area contributed by atoms with Crippen molar-refractivity contribution in [2.24, 2.45) is 5.92 Å². The number of fused-ring (bicyclic) bond motifs is 1. The van der Waals surface area contributed by atoms with E-state index in [1.165, 1.54) is 29.0 Å². The summed E-state index contributed by atoms with van der Waals surface area (Å²) in [5, 5.41) is 6.45. The van der Waals surface area contributed by atoms with Crippen molar-refractivity contribution in [3.63, 3.8) is 0 Å². The molecule has 1 unspecified atom stereocenters. The number of hydrogen-bond donors (Lipinski definition) is 1. The third-order valence-electron chi connectivity index (χ3n) is 6.23. The van der Waals surface area contributed by atoms with Gasteiger partial charge in [-0.2, -0.15) is 0 Å². The Hall–Kier alpha value is -3.26. The highest BCUT2D eigenvalue weighted by molar-refractivity contribution is 5.91. The quantitative estimate of drug-likeness (QED) is 0.554. The topological polar surface area (TPSA) is 67.6 Å². The Morgan fingerprint density at radius 1 is 1.15 bits per heavy atom. The third-order valence-corrected chi connectivity index (χ3v) is 6.23. The summed E-state index contributed by atoms with van der Waals surface area (Å²) >= 11 is 0. The van der Waals surface area contributed by atoms with Crippen LogP contribution in [0.3, 0.4) is 0 Å². The Labute approximate surface area is 190 Å². The molecule has 1 saturated carbocycles. The van der Waals surface area contributed by atoms with E-state index in [-0.39, 0.29) is 24.6 Å². The van der Waals surface area contributed by atoms with E-state index in [1.54, 1.807) is 0 Å². The van der Waals surface area contributed by atoms with Gasteiger partial charge in [0.25, 0.3) is 11.8 Å². The second-order valence-electron chi connectivity index (χ2n) is 8.75. The summed E-state index contributed by atoms with van der Waals surface area (Å²) in [5.74, 6) is -2.77. The van der Waals surface area contributed by atoms with E-state index in [4.69, 9.17) is 4.74 Å². The number of ether oxygens (including phenoxy) is 1. The van der Waals surface area contributed by atoms with Gasteiger partial charge >= 0.3 is 0 Å². The summed E-state index contributed by atoms with van der Waals surface area (Å²) in [7, 11) is 0. The van der Waals surface area contributed by atoms with Crippen molar-refractivity contribution in [3.05, 3.63) is 82.7 Å². The number of carbonyl (C=O) groups excluding carboxylic acids is 1. The molecule has 2 heterocycles. The van der Waals surface area contributed by atoms with Gasteiger partial charge in [0.2, 0.25) is 0 Å². The summed E-state index contributed by atoms with van der Waals surface area (Å²) < 4.78 is 36.3. The molecule has 1 aliphatic heterocycles. The first kappa shape index (κ1) is 21.6. The maximum atomic E-state index is 13.0. The molecule has 1 aliphatic carbocycles. The number of nitrogens with zero attached hydrogens (tertiary/aromatic N) is 2. The zero-order valence-corrected chi connectivity index (χ0v) is 18.1. The molecule has 1 atom stereocenters. The molecule has 6 nitrogen and oxygen atoms in total. The van der Waals surface area contributed by atoms with E-state index in [0.29, 0.717) is 12.3 Å². The number of halogens is 2. The highest BCUT2D eigenvalue weighted by Crippen LogP contribution is 2.48. The van der Waals surface area contributed by atoms with Crippen LogP contribution in [0.5, 0.6) is 5.75 Å². The summed E-state index contributed by atoms with van der Waals surface area (Å²) in [4.78, 5) is 14.3. The SMILES string of the molecule is O=C(NCc1ccc(CN2CCc3cc(OCC4CC4(F)F)ccc3C2)cc1)c1ccon1. The van der Waals surface area contributed by atoms with E-state index in [9.17, 15) is 13.6 Å². The van der Waals surface area contributed by atoms with Gasteiger partial charge in [0, 0.05) is 38.7 Å². The van der Waals surface area contributed by atoms with Gasteiger partial charge in [-0.05, 0) is 40.8 Å². The molecule has 172 valence electrons. The fourth-order valence-corrected chi connectivity index (χ4v) is 4.08. The largest absolute Gasteiger partial charge is 0.493 e. The molecule has 3 aromatic rings. The molecule has 5 rings (SSSR count). The first-order valence-electron chi connectivity index (χ1n) is 11.1. The van der Waals surface area contributed by atoms with Gasteiger partial charge in [-0.15, -0.1) is 0 Å². The number of carbonyl (C=O) groups is 1. The van der Waals surface area contributed by atoms with Gasteiger partial charge in [-0.3, -0.25) is 9.69 Å².